The molecule has 3 aliphatic rings. The number of carbonyl (C=O) groups is 2. The van der Waals surface area contributed by atoms with Crippen molar-refractivity contribution >= 4 is 57.1 Å². The third kappa shape index (κ3) is 2.42. The molecule has 9 heteroatoms. The first-order valence-corrected chi connectivity index (χ1v) is 12.3. The first kappa shape index (κ1) is 21.6. The highest BCUT2D eigenvalue weighted by molar-refractivity contribution is 8.25. The average Bonchev–Trinajstić information content (AvgIpc) is 3.51. The van der Waals surface area contributed by atoms with Gasteiger partial charge in [-0.2, -0.15) is 0 Å². The zero-order chi connectivity index (χ0) is 22.8. The molecule has 0 unspecified atom stereocenters. The number of fused-ring (bicyclic) bond motifs is 3. The summed E-state index contributed by atoms with van der Waals surface area (Å²) >= 11 is 8.67. The molecule has 0 aliphatic carbocycles. The van der Waals surface area contributed by atoms with Crippen LogP contribution in [-0.4, -0.2) is 65.0 Å². The highest BCUT2D eigenvalue weighted by Crippen LogP contribution is 2.67. The molecule has 2 saturated heterocycles. The fraction of sp³-hybridized carbons (Fsp3) is 0.348. The number of nitrogens with zero attached hydrogens (tertiary/aromatic N) is 3. The van der Waals surface area contributed by atoms with Gasteiger partial charge in [0.05, 0.1) is 7.11 Å². The van der Waals surface area contributed by atoms with E-state index in [0.29, 0.717) is 23.2 Å². The number of methoxy groups -OCH3 is 1. The second-order valence-corrected chi connectivity index (χ2v) is 11.1. The molecule has 1 aromatic heterocycles. The van der Waals surface area contributed by atoms with Gasteiger partial charge in [-0.05, 0) is 36.7 Å². The average molecular weight is 486 g/mol. The summed E-state index contributed by atoms with van der Waals surface area (Å²) in [4.78, 5) is 34.9. The number of anilines is 1. The van der Waals surface area contributed by atoms with Crippen LogP contribution < -0.4 is 9.64 Å². The molecule has 2 amide bonds. The van der Waals surface area contributed by atoms with Crippen LogP contribution in [0.15, 0.2) is 48.4 Å². The number of ether oxygens (including phenoxy) is 1. The first-order valence-electron chi connectivity index (χ1n) is 10.2. The molecule has 0 radical (unpaired) electrons. The molecule has 166 valence electrons. The molecule has 32 heavy (non-hydrogen) atoms. The summed E-state index contributed by atoms with van der Waals surface area (Å²) in [5, 5.41) is 2.01. The van der Waals surface area contributed by atoms with Crippen LogP contribution in [0.25, 0.3) is 0 Å². The van der Waals surface area contributed by atoms with Crippen molar-refractivity contribution in [2.24, 2.45) is 0 Å². The molecule has 0 bridgehead atoms. The van der Waals surface area contributed by atoms with E-state index >= 15 is 0 Å². The van der Waals surface area contributed by atoms with Crippen LogP contribution in [0.5, 0.6) is 5.75 Å². The van der Waals surface area contributed by atoms with Crippen molar-refractivity contribution in [3.8, 4) is 5.75 Å². The normalized spacial score (nSPS) is 29.6. The van der Waals surface area contributed by atoms with Crippen LogP contribution in [0.4, 0.5) is 5.69 Å². The molecule has 2 fully saturated rings. The third-order valence-corrected chi connectivity index (χ3v) is 9.78. The first-order chi connectivity index (χ1) is 15.3. The maximum Gasteiger partial charge on any atom is 0.254 e. The van der Waals surface area contributed by atoms with E-state index in [1.807, 2.05) is 47.7 Å². The van der Waals surface area contributed by atoms with E-state index < -0.39 is 10.3 Å². The number of hydrogen-bond donors (Lipinski definition) is 0. The molecule has 4 heterocycles. The Morgan fingerprint density at radius 2 is 2.06 bits per heavy atom. The van der Waals surface area contributed by atoms with Crippen molar-refractivity contribution in [3.05, 3.63) is 58.8 Å². The third-order valence-electron chi connectivity index (χ3n) is 6.86. The van der Waals surface area contributed by atoms with Gasteiger partial charge in [-0.25, -0.2) is 0 Å². The number of thiophene rings is 1. The number of likely N-dealkylation sites (tertiary alicyclic amines) is 1. The molecule has 1 aromatic carbocycles. The van der Waals surface area contributed by atoms with E-state index in [1.54, 1.807) is 41.4 Å². The van der Waals surface area contributed by atoms with Crippen molar-refractivity contribution in [1.82, 2.24) is 9.80 Å². The van der Waals surface area contributed by atoms with Crippen LogP contribution in [-0.2, 0) is 15.1 Å². The zero-order valence-electron chi connectivity index (χ0n) is 18.0. The van der Waals surface area contributed by atoms with Gasteiger partial charge in [0.2, 0.25) is 5.91 Å². The zero-order valence-corrected chi connectivity index (χ0v) is 20.5. The van der Waals surface area contributed by atoms with Crippen LogP contribution >= 0.6 is 35.3 Å². The standard InChI is InChI=1S/C23H23N3O3S3/c1-5-10-26-20(28)23(32-21(26)30)16(18-7-6-11-31-18)13-24(2)22(23)15-12-14(29-4)8-9-17(15)25(3)19(22)27/h5-9,11-12,16H,1,10,13H2,2-4H3/t16-,22-,23+/m1/s1. The lowest BCUT2D eigenvalue weighted by atomic mass is 9.73. The summed E-state index contributed by atoms with van der Waals surface area (Å²) in [5.74, 6) is 0.196. The van der Waals surface area contributed by atoms with Gasteiger partial charge in [0.1, 0.15) is 14.8 Å². The maximum absolute atomic E-state index is 14.3. The quantitative estimate of drug-likeness (QED) is 0.489. The predicted molar refractivity (Wildman–Crippen MR) is 133 cm³/mol. The van der Waals surface area contributed by atoms with Gasteiger partial charge in [0.15, 0.2) is 5.54 Å². The van der Waals surface area contributed by atoms with Crippen molar-refractivity contribution in [2.75, 3.05) is 39.2 Å². The maximum atomic E-state index is 14.3. The van der Waals surface area contributed by atoms with Crippen molar-refractivity contribution in [2.45, 2.75) is 16.2 Å². The van der Waals surface area contributed by atoms with Crippen molar-refractivity contribution in [1.29, 1.82) is 0 Å². The predicted octanol–water partition coefficient (Wildman–Crippen LogP) is 3.44. The number of hydrogen-bond acceptors (Lipinski definition) is 7. The summed E-state index contributed by atoms with van der Waals surface area (Å²) in [6.45, 7) is 4.68. The van der Waals surface area contributed by atoms with Gasteiger partial charge < -0.3 is 9.64 Å². The molecule has 5 rings (SSSR count). The second-order valence-electron chi connectivity index (χ2n) is 8.21. The van der Waals surface area contributed by atoms with E-state index in [-0.39, 0.29) is 17.7 Å². The number of amides is 2. The molecule has 6 nitrogen and oxygen atoms in total. The second kappa shape index (κ2) is 7.41. The van der Waals surface area contributed by atoms with Crippen LogP contribution in [0.3, 0.4) is 0 Å². The Kier molecular flexibility index (Phi) is 5.01. The minimum Gasteiger partial charge on any atom is -0.497 e. The van der Waals surface area contributed by atoms with Crippen LogP contribution in [0.2, 0.25) is 0 Å². The minimum atomic E-state index is -1.21. The van der Waals surface area contributed by atoms with E-state index in [0.717, 1.165) is 16.1 Å². The Balaban J connectivity index is 1.84. The largest absolute Gasteiger partial charge is 0.497 e. The van der Waals surface area contributed by atoms with Crippen molar-refractivity contribution < 1.29 is 14.3 Å². The Bertz CT molecular complexity index is 1150. The number of rotatable bonds is 4. The molecule has 2 aromatic rings. The van der Waals surface area contributed by atoms with Crippen molar-refractivity contribution in [3.63, 3.8) is 0 Å². The number of thioether (sulfide) groups is 1. The van der Waals surface area contributed by atoms with Gasteiger partial charge in [-0.3, -0.25) is 19.4 Å². The highest BCUT2D eigenvalue weighted by Gasteiger charge is 2.78. The SMILES string of the molecule is C=CCN1C(=O)[C@@]2(SC1=S)[C@@H](c1cccs1)CN(C)[C@]21C(=O)N(C)c2ccc(OC)cc21. The van der Waals surface area contributed by atoms with E-state index in [1.165, 1.54) is 11.8 Å². The lowest BCUT2D eigenvalue weighted by Crippen LogP contribution is -2.62. The Labute approximate surface area is 200 Å². The summed E-state index contributed by atoms with van der Waals surface area (Å²) < 4.78 is 4.87. The van der Waals surface area contributed by atoms with Gasteiger partial charge in [0.25, 0.3) is 5.91 Å². The fourth-order valence-electron chi connectivity index (χ4n) is 5.53. The lowest BCUT2D eigenvalue weighted by molar-refractivity contribution is -0.138. The summed E-state index contributed by atoms with van der Waals surface area (Å²) in [6, 6.07) is 9.68. The monoisotopic (exact) mass is 485 g/mol. The molecule has 3 aliphatic heterocycles. The summed E-state index contributed by atoms with van der Waals surface area (Å²) in [7, 11) is 5.31. The summed E-state index contributed by atoms with van der Waals surface area (Å²) in [5.41, 5.74) is 0.368. The number of benzene rings is 1. The number of thiocarbonyl (C=S) groups is 1. The van der Waals surface area contributed by atoms with Gasteiger partial charge in [-0.1, -0.05) is 36.1 Å². The van der Waals surface area contributed by atoms with Crippen LogP contribution in [0, 0.1) is 0 Å². The Morgan fingerprint density at radius 3 is 2.72 bits per heavy atom. The molecule has 0 N–H and O–H groups in total. The summed E-state index contributed by atoms with van der Waals surface area (Å²) in [6.07, 6.45) is 1.68. The van der Waals surface area contributed by atoms with Gasteiger partial charge >= 0.3 is 0 Å². The van der Waals surface area contributed by atoms with Crippen LogP contribution in [0.1, 0.15) is 16.4 Å². The van der Waals surface area contributed by atoms with E-state index in [4.69, 9.17) is 17.0 Å². The molecular formula is C23H23N3O3S3. The highest BCUT2D eigenvalue weighted by atomic mass is 32.2. The molecule has 3 atom stereocenters. The van der Waals surface area contributed by atoms with Gasteiger partial charge in [0, 0.05) is 42.2 Å². The molecular weight excluding hydrogens is 462 g/mol. The fourth-order valence-corrected chi connectivity index (χ4v) is 8.63. The lowest BCUT2D eigenvalue weighted by Gasteiger charge is -2.42. The Morgan fingerprint density at radius 1 is 1.28 bits per heavy atom. The molecule has 2 spiro atoms. The molecule has 0 saturated carbocycles. The topological polar surface area (TPSA) is 53.1 Å². The van der Waals surface area contributed by atoms with E-state index in [9.17, 15) is 9.59 Å². The number of likely N-dealkylation sites (N-methyl/N-ethyl adjacent to an activating group) is 2. The smallest absolute Gasteiger partial charge is 0.254 e. The van der Waals surface area contributed by atoms with E-state index in [2.05, 4.69) is 6.58 Å². The van der Waals surface area contributed by atoms with Gasteiger partial charge in [-0.15, -0.1) is 17.9 Å². The minimum absolute atomic E-state index is 0.119. The number of carbonyl (C=O) groups excluding carboxylic acids is 2. The Hall–Kier alpha value is -2.20.